The summed E-state index contributed by atoms with van der Waals surface area (Å²) in [5.41, 5.74) is 1.14. The summed E-state index contributed by atoms with van der Waals surface area (Å²) >= 11 is 0. The van der Waals surface area contributed by atoms with Crippen LogP contribution in [0.1, 0.15) is 27.7 Å². The average Bonchev–Trinajstić information content (AvgIpc) is 2.31. The van der Waals surface area contributed by atoms with E-state index in [1.165, 1.54) is 0 Å². The quantitative estimate of drug-likeness (QED) is 0.541. The first kappa shape index (κ1) is 8.75. The molecule has 1 aliphatic heterocycles. The van der Waals surface area contributed by atoms with Gasteiger partial charge in [-0.2, -0.15) is 0 Å². The van der Waals surface area contributed by atoms with Gasteiger partial charge in [-0.15, -0.1) is 0 Å². The highest BCUT2D eigenvalue weighted by Gasteiger charge is 2.36. The van der Waals surface area contributed by atoms with Crippen LogP contribution in [0.4, 0.5) is 0 Å². The first-order chi connectivity index (χ1) is 5.08. The van der Waals surface area contributed by atoms with Gasteiger partial charge in [0.05, 0.1) is 12.7 Å². The lowest BCUT2D eigenvalue weighted by atomic mass is 10.1. The molecule has 1 heterocycles. The Morgan fingerprint density at radius 3 is 2.64 bits per heavy atom. The van der Waals surface area contributed by atoms with Crippen LogP contribution in [0.15, 0.2) is 11.6 Å². The van der Waals surface area contributed by atoms with Crippen LogP contribution in [0, 0.1) is 0 Å². The highest BCUT2D eigenvalue weighted by molar-refractivity contribution is 5.09. The van der Waals surface area contributed by atoms with E-state index in [0.717, 1.165) is 5.57 Å². The maximum atomic E-state index is 5.61. The molecule has 2 atom stereocenters. The molecule has 1 fully saturated rings. The zero-order valence-corrected chi connectivity index (χ0v) is 7.68. The van der Waals surface area contributed by atoms with Gasteiger partial charge in [-0.05, 0) is 33.3 Å². The molecule has 2 heteroatoms. The molecule has 0 spiro atoms. The van der Waals surface area contributed by atoms with Crippen LogP contribution in [-0.2, 0) is 9.47 Å². The standard InChI is InChI=1S/C9H16O2/c1-5-7(2)9(4)10-6-8(3)11-9/h5,8H,6H2,1-4H3. The van der Waals surface area contributed by atoms with E-state index in [4.69, 9.17) is 9.47 Å². The third-order valence-corrected chi connectivity index (χ3v) is 2.17. The molecule has 0 bridgehead atoms. The molecular formula is C9H16O2. The van der Waals surface area contributed by atoms with Crippen molar-refractivity contribution in [2.45, 2.75) is 39.6 Å². The van der Waals surface area contributed by atoms with Crippen LogP contribution < -0.4 is 0 Å². The number of hydrogen-bond acceptors (Lipinski definition) is 2. The summed E-state index contributed by atoms with van der Waals surface area (Å²) in [4.78, 5) is 0. The van der Waals surface area contributed by atoms with Gasteiger partial charge in [0.15, 0.2) is 5.79 Å². The lowest BCUT2D eigenvalue weighted by Crippen LogP contribution is -2.27. The van der Waals surface area contributed by atoms with Gasteiger partial charge in [-0.25, -0.2) is 0 Å². The summed E-state index contributed by atoms with van der Waals surface area (Å²) in [7, 11) is 0. The molecule has 2 nitrogen and oxygen atoms in total. The van der Waals surface area contributed by atoms with Crippen molar-refractivity contribution >= 4 is 0 Å². The first-order valence-corrected chi connectivity index (χ1v) is 4.03. The Morgan fingerprint density at radius 1 is 1.64 bits per heavy atom. The molecule has 2 unspecified atom stereocenters. The van der Waals surface area contributed by atoms with Crippen molar-refractivity contribution in [2.75, 3.05) is 6.61 Å². The van der Waals surface area contributed by atoms with E-state index < -0.39 is 5.79 Å². The molecular weight excluding hydrogens is 140 g/mol. The van der Waals surface area contributed by atoms with Crippen molar-refractivity contribution in [3.63, 3.8) is 0 Å². The predicted molar refractivity (Wildman–Crippen MR) is 44.3 cm³/mol. The third-order valence-electron chi connectivity index (χ3n) is 2.17. The topological polar surface area (TPSA) is 18.5 Å². The summed E-state index contributed by atoms with van der Waals surface area (Å²) in [5.74, 6) is -0.464. The predicted octanol–water partition coefficient (Wildman–Crippen LogP) is 2.10. The Balaban J connectivity index is 2.69. The maximum absolute atomic E-state index is 5.61. The van der Waals surface area contributed by atoms with E-state index in [2.05, 4.69) is 0 Å². The van der Waals surface area contributed by atoms with Crippen LogP contribution in [0.5, 0.6) is 0 Å². The summed E-state index contributed by atoms with van der Waals surface area (Å²) in [6.45, 7) is 8.70. The maximum Gasteiger partial charge on any atom is 0.188 e. The molecule has 0 N–H and O–H groups in total. The molecule has 0 radical (unpaired) electrons. The van der Waals surface area contributed by atoms with Gasteiger partial charge in [0, 0.05) is 0 Å². The summed E-state index contributed by atoms with van der Waals surface area (Å²) in [5, 5.41) is 0. The lowest BCUT2D eigenvalue weighted by molar-refractivity contribution is -0.120. The number of rotatable bonds is 1. The second-order valence-corrected chi connectivity index (χ2v) is 3.16. The number of allylic oxidation sites excluding steroid dienone is 1. The third kappa shape index (κ3) is 1.63. The minimum absolute atomic E-state index is 0.217. The van der Waals surface area contributed by atoms with E-state index in [9.17, 15) is 0 Å². The van der Waals surface area contributed by atoms with Gasteiger partial charge in [-0.3, -0.25) is 0 Å². The van der Waals surface area contributed by atoms with Crippen molar-refractivity contribution in [3.05, 3.63) is 11.6 Å². The van der Waals surface area contributed by atoms with Gasteiger partial charge in [-0.1, -0.05) is 6.08 Å². The lowest BCUT2D eigenvalue weighted by Gasteiger charge is -2.23. The molecule has 1 rings (SSSR count). The fourth-order valence-electron chi connectivity index (χ4n) is 1.20. The fraction of sp³-hybridized carbons (Fsp3) is 0.778. The van der Waals surface area contributed by atoms with Crippen molar-refractivity contribution in [1.29, 1.82) is 0 Å². The molecule has 0 aromatic carbocycles. The van der Waals surface area contributed by atoms with E-state index in [-0.39, 0.29) is 6.10 Å². The monoisotopic (exact) mass is 156 g/mol. The van der Waals surface area contributed by atoms with Gasteiger partial charge >= 0.3 is 0 Å². The van der Waals surface area contributed by atoms with Gasteiger partial charge in [0.25, 0.3) is 0 Å². The molecule has 0 aromatic heterocycles. The van der Waals surface area contributed by atoms with E-state index >= 15 is 0 Å². The second-order valence-electron chi connectivity index (χ2n) is 3.16. The summed E-state index contributed by atoms with van der Waals surface area (Å²) in [6.07, 6.45) is 2.24. The van der Waals surface area contributed by atoms with Crippen molar-refractivity contribution < 1.29 is 9.47 Å². The molecule has 64 valence electrons. The zero-order valence-electron chi connectivity index (χ0n) is 7.68. The van der Waals surface area contributed by atoms with Crippen molar-refractivity contribution in [1.82, 2.24) is 0 Å². The summed E-state index contributed by atoms with van der Waals surface area (Å²) in [6, 6.07) is 0. The molecule has 0 aromatic rings. The Hall–Kier alpha value is -0.340. The Bertz CT molecular complexity index is 174. The Labute approximate surface area is 68.2 Å². The minimum atomic E-state index is -0.464. The Kier molecular flexibility index (Phi) is 2.35. The fourth-order valence-corrected chi connectivity index (χ4v) is 1.20. The van der Waals surface area contributed by atoms with Crippen LogP contribution in [0.2, 0.25) is 0 Å². The van der Waals surface area contributed by atoms with Crippen molar-refractivity contribution in [3.8, 4) is 0 Å². The van der Waals surface area contributed by atoms with Crippen LogP contribution in [0.25, 0.3) is 0 Å². The molecule has 0 saturated carbocycles. The van der Waals surface area contributed by atoms with Gasteiger partial charge in [0.1, 0.15) is 0 Å². The SMILES string of the molecule is CC=C(C)C1(C)OCC(C)O1. The van der Waals surface area contributed by atoms with Crippen LogP contribution in [-0.4, -0.2) is 18.5 Å². The van der Waals surface area contributed by atoms with Gasteiger partial charge < -0.3 is 9.47 Å². The highest BCUT2D eigenvalue weighted by Crippen LogP contribution is 2.29. The van der Waals surface area contributed by atoms with Crippen LogP contribution >= 0.6 is 0 Å². The molecule has 1 saturated heterocycles. The van der Waals surface area contributed by atoms with Crippen molar-refractivity contribution in [2.24, 2.45) is 0 Å². The van der Waals surface area contributed by atoms with E-state index in [0.29, 0.717) is 6.61 Å². The summed E-state index contributed by atoms with van der Waals surface area (Å²) < 4.78 is 11.1. The Morgan fingerprint density at radius 2 is 2.27 bits per heavy atom. The minimum Gasteiger partial charge on any atom is -0.344 e. The van der Waals surface area contributed by atoms with Crippen LogP contribution in [0.3, 0.4) is 0 Å². The average molecular weight is 156 g/mol. The number of hydrogen-bond donors (Lipinski definition) is 0. The normalized spacial score (nSPS) is 39.6. The number of ether oxygens (including phenoxy) is 2. The van der Waals surface area contributed by atoms with E-state index in [1.807, 2.05) is 33.8 Å². The largest absolute Gasteiger partial charge is 0.344 e. The second kappa shape index (κ2) is 2.95. The molecule has 11 heavy (non-hydrogen) atoms. The molecule has 0 aliphatic carbocycles. The zero-order chi connectivity index (χ0) is 8.48. The smallest absolute Gasteiger partial charge is 0.188 e. The van der Waals surface area contributed by atoms with E-state index in [1.54, 1.807) is 0 Å². The molecule has 1 aliphatic rings. The highest BCUT2D eigenvalue weighted by atomic mass is 16.7. The molecule has 0 amide bonds. The van der Waals surface area contributed by atoms with Gasteiger partial charge in [0.2, 0.25) is 0 Å². The first-order valence-electron chi connectivity index (χ1n) is 4.03.